The van der Waals surface area contributed by atoms with Crippen molar-refractivity contribution in [1.29, 1.82) is 10.5 Å². The summed E-state index contributed by atoms with van der Waals surface area (Å²) in [6.07, 6.45) is 0.762. The topological polar surface area (TPSA) is 97.9 Å². The number of methoxy groups -OCH3 is 1. The zero-order valence-corrected chi connectivity index (χ0v) is 11.3. The second-order valence-electron chi connectivity index (χ2n) is 4.03. The molecule has 0 unspecified atom stereocenters. The number of carbonyl (C=O) groups excluding carboxylic acids is 1. The summed E-state index contributed by atoms with van der Waals surface area (Å²) in [5, 5.41) is 23.3. The first kappa shape index (κ1) is 15.5. The van der Waals surface area contributed by atoms with Gasteiger partial charge in [0.25, 0.3) is 0 Å². The van der Waals surface area contributed by atoms with Crippen LogP contribution in [0, 0.1) is 22.7 Å². The van der Waals surface area contributed by atoms with Crippen LogP contribution < -0.4 is 10.6 Å². The number of anilines is 1. The zero-order chi connectivity index (χ0) is 14.8. The molecule has 1 aromatic rings. The summed E-state index contributed by atoms with van der Waals surface area (Å²) in [5.41, 5.74) is 1.24. The number of nitriles is 2. The molecule has 0 atom stereocenters. The van der Waals surface area contributed by atoms with Gasteiger partial charge in [0.05, 0.1) is 17.7 Å². The van der Waals surface area contributed by atoms with Gasteiger partial charge >= 0.3 is 0 Å². The lowest BCUT2D eigenvalue weighted by Crippen LogP contribution is -2.31. The van der Waals surface area contributed by atoms with Crippen LogP contribution in [0.2, 0.25) is 0 Å². The van der Waals surface area contributed by atoms with Crippen molar-refractivity contribution < 1.29 is 9.53 Å². The van der Waals surface area contributed by atoms with E-state index >= 15 is 0 Å². The summed E-state index contributed by atoms with van der Waals surface area (Å²) in [6, 6.07) is 8.65. The summed E-state index contributed by atoms with van der Waals surface area (Å²) < 4.78 is 4.88. The van der Waals surface area contributed by atoms with Gasteiger partial charge in [0.1, 0.15) is 12.1 Å². The minimum absolute atomic E-state index is 0.115. The first-order valence-corrected chi connectivity index (χ1v) is 6.15. The molecular formula is C14H16N4O2. The number of rotatable bonds is 7. The third-order valence-electron chi connectivity index (χ3n) is 2.56. The molecule has 104 valence electrons. The molecule has 0 bridgehead atoms. The highest BCUT2D eigenvalue weighted by atomic mass is 16.5. The van der Waals surface area contributed by atoms with Gasteiger partial charge < -0.3 is 15.4 Å². The van der Waals surface area contributed by atoms with Gasteiger partial charge in [-0.15, -0.1) is 0 Å². The molecule has 6 heteroatoms. The Morgan fingerprint density at radius 1 is 1.30 bits per heavy atom. The van der Waals surface area contributed by atoms with Gasteiger partial charge in [-0.1, -0.05) is 0 Å². The maximum atomic E-state index is 11.5. The van der Waals surface area contributed by atoms with Gasteiger partial charge in [0.15, 0.2) is 0 Å². The van der Waals surface area contributed by atoms with E-state index < -0.39 is 0 Å². The minimum Gasteiger partial charge on any atom is -0.385 e. The van der Waals surface area contributed by atoms with Crippen LogP contribution in [0.15, 0.2) is 18.2 Å². The summed E-state index contributed by atoms with van der Waals surface area (Å²) in [4.78, 5) is 11.5. The van der Waals surface area contributed by atoms with Crippen molar-refractivity contribution in [1.82, 2.24) is 5.32 Å². The lowest BCUT2D eigenvalue weighted by atomic mass is 10.1. The third kappa shape index (κ3) is 4.97. The fourth-order valence-electron chi connectivity index (χ4n) is 1.53. The van der Waals surface area contributed by atoms with Crippen LogP contribution in [0.1, 0.15) is 17.5 Å². The predicted octanol–water partition coefficient (Wildman–Crippen LogP) is 0.995. The van der Waals surface area contributed by atoms with Gasteiger partial charge in [0.2, 0.25) is 5.91 Å². The van der Waals surface area contributed by atoms with E-state index in [2.05, 4.69) is 10.6 Å². The highest BCUT2D eigenvalue weighted by molar-refractivity contribution is 5.80. The molecule has 1 aromatic carbocycles. The van der Waals surface area contributed by atoms with E-state index in [0.29, 0.717) is 24.4 Å². The van der Waals surface area contributed by atoms with Crippen molar-refractivity contribution in [2.24, 2.45) is 0 Å². The van der Waals surface area contributed by atoms with E-state index in [0.717, 1.165) is 6.42 Å². The van der Waals surface area contributed by atoms with E-state index in [9.17, 15) is 4.79 Å². The Hall–Kier alpha value is -2.57. The number of hydrogen-bond acceptors (Lipinski definition) is 5. The summed E-state index contributed by atoms with van der Waals surface area (Å²) in [7, 11) is 1.61. The quantitative estimate of drug-likeness (QED) is 0.721. The van der Waals surface area contributed by atoms with Gasteiger partial charge in [0, 0.05) is 25.9 Å². The van der Waals surface area contributed by atoms with E-state index in [1.54, 1.807) is 25.3 Å². The average Bonchev–Trinajstić information content (AvgIpc) is 2.49. The first-order chi connectivity index (χ1) is 9.71. The van der Waals surface area contributed by atoms with Crippen LogP contribution in [-0.4, -0.2) is 32.7 Å². The third-order valence-corrected chi connectivity index (χ3v) is 2.56. The lowest BCUT2D eigenvalue weighted by molar-refractivity contribution is -0.119. The molecule has 6 nitrogen and oxygen atoms in total. The molecule has 1 amide bonds. The van der Waals surface area contributed by atoms with Crippen molar-refractivity contribution in [3.05, 3.63) is 29.3 Å². The molecule has 0 aliphatic heterocycles. The SMILES string of the molecule is COCCCNC(=O)CNc1ccc(C#N)c(C#N)c1. The predicted molar refractivity (Wildman–Crippen MR) is 73.9 cm³/mol. The average molecular weight is 272 g/mol. The molecule has 0 saturated carbocycles. The van der Waals surface area contributed by atoms with Crippen molar-refractivity contribution in [2.75, 3.05) is 32.1 Å². The first-order valence-electron chi connectivity index (χ1n) is 6.15. The fourth-order valence-corrected chi connectivity index (χ4v) is 1.53. The monoisotopic (exact) mass is 272 g/mol. The number of nitrogens with zero attached hydrogens (tertiary/aromatic N) is 2. The molecule has 0 aliphatic rings. The molecule has 0 aromatic heterocycles. The summed E-state index contributed by atoms with van der Waals surface area (Å²) >= 11 is 0. The van der Waals surface area contributed by atoms with Crippen molar-refractivity contribution in [3.8, 4) is 12.1 Å². The van der Waals surface area contributed by atoms with E-state index in [1.807, 2.05) is 12.1 Å². The largest absolute Gasteiger partial charge is 0.385 e. The fraction of sp³-hybridized carbons (Fsp3) is 0.357. The number of amides is 1. The number of nitrogens with one attached hydrogen (secondary N) is 2. The standard InChI is InChI=1S/C14H16N4O2/c1-20-6-2-5-17-14(19)10-18-13-4-3-11(8-15)12(7-13)9-16/h3-4,7,18H,2,5-6,10H2,1H3,(H,17,19). The normalized spacial score (nSPS) is 9.35. The highest BCUT2D eigenvalue weighted by Crippen LogP contribution is 2.14. The molecule has 0 fully saturated rings. The molecule has 0 aliphatic carbocycles. The van der Waals surface area contributed by atoms with Crippen LogP contribution in [0.25, 0.3) is 0 Å². The zero-order valence-electron chi connectivity index (χ0n) is 11.3. The Kier molecular flexibility index (Phi) is 6.60. The number of hydrogen-bond donors (Lipinski definition) is 2. The summed E-state index contributed by atoms with van der Waals surface area (Å²) in [5.74, 6) is -0.135. The van der Waals surface area contributed by atoms with Crippen molar-refractivity contribution >= 4 is 11.6 Å². The molecule has 0 saturated heterocycles. The second kappa shape index (κ2) is 8.52. The van der Waals surface area contributed by atoms with Crippen molar-refractivity contribution in [3.63, 3.8) is 0 Å². The van der Waals surface area contributed by atoms with Gasteiger partial charge in [-0.3, -0.25) is 4.79 Å². The van der Waals surface area contributed by atoms with Crippen LogP contribution in [-0.2, 0) is 9.53 Å². The molecule has 20 heavy (non-hydrogen) atoms. The number of benzene rings is 1. The lowest BCUT2D eigenvalue weighted by Gasteiger charge is -2.08. The van der Waals surface area contributed by atoms with Gasteiger partial charge in [-0.25, -0.2) is 0 Å². The Morgan fingerprint density at radius 2 is 2.05 bits per heavy atom. The van der Waals surface area contributed by atoms with Gasteiger partial charge in [-0.05, 0) is 24.6 Å². The molecular weight excluding hydrogens is 256 g/mol. The smallest absolute Gasteiger partial charge is 0.239 e. The maximum Gasteiger partial charge on any atom is 0.239 e. The van der Waals surface area contributed by atoms with Gasteiger partial charge in [-0.2, -0.15) is 10.5 Å². The van der Waals surface area contributed by atoms with E-state index in [1.165, 1.54) is 0 Å². The van der Waals surface area contributed by atoms with Crippen LogP contribution in [0.5, 0.6) is 0 Å². The Morgan fingerprint density at radius 3 is 2.70 bits per heavy atom. The van der Waals surface area contributed by atoms with Crippen molar-refractivity contribution in [2.45, 2.75) is 6.42 Å². The number of carbonyl (C=O) groups is 1. The number of ether oxygens (including phenoxy) is 1. The van der Waals surface area contributed by atoms with E-state index in [-0.39, 0.29) is 18.0 Å². The minimum atomic E-state index is -0.135. The van der Waals surface area contributed by atoms with Crippen LogP contribution >= 0.6 is 0 Å². The Labute approximate surface area is 118 Å². The van der Waals surface area contributed by atoms with E-state index in [4.69, 9.17) is 15.3 Å². The maximum absolute atomic E-state index is 11.5. The second-order valence-corrected chi connectivity index (χ2v) is 4.03. The Balaban J connectivity index is 2.44. The summed E-state index contributed by atoms with van der Waals surface area (Å²) in [6.45, 7) is 1.28. The van der Waals surface area contributed by atoms with Crippen LogP contribution in [0.3, 0.4) is 0 Å². The van der Waals surface area contributed by atoms with Crippen LogP contribution in [0.4, 0.5) is 5.69 Å². The Bertz CT molecular complexity index is 543. The highest BCUT2D eigenvalue weighted by Gasteiger charge is 2.04. The molecule has 0 radical (unpaired) electrons. The molecule has 0 heterocycles. The molecule has 0 spiro atoms. The molecule has 2 N–H and O–H groups in total. The molecule has 1 rings (SSSR count).